The van der Waals surface area contributed by atoms with Gasteiger partial charge in [0.25, 0.3) is 11.8 Å². The molecule has 146 valence electrons. The van der Waals surface area contributed by atoms with Crippen molar-refractivity contribution in [2.24, 2.45) is 5.73 Å². The Kier molecular flexibility index (Phi) is 4.91. The van der Waals surface area contributed by atoms with Crippen LogP contribution in [-0.2, 0) is 11.2 Å². The lowest BCUT2D eigenvalue weighted by Gasteiger charge is -2.12. The molecule has 3 aromatic carbocycles. The number of carbonyl (C=O) groups excluding carboxylic acids is 2. The number of hydrogen-bond donors (Lipinski definition) is 2. The lowest BCUT2D eigenvalue weighted by molar-refractivity contribution is -0.119. The summed E-state index contributed by atoms with van der Waals surface area (Å²) in [5, 5.41) is 2.93. The molecule has 0 spiro atoms. The Labute approximate surface area is 168 Å². The predicted molar refractivity (Wildman–Crippen MR) is 110 cm³/mol. The van der Waals surface area contributed by atoms with Crippen LogP contribution in [0.3, 0.4) is 0 Å². The molecule has 0 aliphatic heterocycles. The minimum atomic E-state index is -0.591. The van der Waals surface area contributed by atoms with Crippen LogP contribution in [0.5, 0.6) is 11.5 Å². The van der Waals surface area contributed by atoms with Crippen molar-refractivity contribution in [2.75, 3.05) is 19.0 Å². The van der Waals surface area contributed by atoms with Crippen LogP contribution < -0.4 is 20.5 Å². The fourth-order valence-electron chi connectivity index (χ4n) is 3.48. The molecule has 0 saturated carbocycles. The van der Waals surface area contributed by atoms with E-state index in [4.69, 9.17) is 15.2 Å². The Morgan fingerprint density at radius 3 is 2.55 bits per heavy atom. The third kappa shape index (κ3) is 3.78. The van der Waals surface area contributed by atoms with Gasteiger partial charge in [-0.3, -0.25) is 9.59 Å². The number of ether oxygens (including phenoxy) is 2. The maximum atomic E-state index is 12.7. The fourth-order valence-corrected chi connectivity index (χ4v) is 3.48. The first-order valence-corrected chi connectivity index (χ1v) is 9.17. The van der Waals surface area contributed by atoms with E-state index >= 15 is 0 Å². The van der Waals surface area contributed by atoms with Crippen molar-refractivity contribution in [1.29, 1.82) is 0 Å². The molecular weight excluding hydrogens is 368 g/mol. The number of amides is 2. The zero-order valence-corrected chi connectivity index (χ0v) is 15.9. The SMILES string of the molecule is COc1cc(C(=O)Nc2ccc3c(c2)-c2ccccc2C3)ccc1OCC(N)=O. The number of nitrogens with two attached hydrogens (primary N) is 1. The lowest BCUT2D eigenvalue weighted by Crippen LogP contribution is -2.20. The molecule has 1 aliphatic carbocycles. The number of fused-ring (bicyclic) bond motifs is 3. The van der Waals surface area contributed by atoms with Gasteiger partial charge >= 0.3 is 0 Å². The number of nitrogens with one attached hydrogen (secondary N) is 1. The highest BCUT2D eigenvalue weighted by Crippen LogP contribution is 2.38. The van der Waals surface area contributed by atoms with E-state index in [0.717, 1.165) is 17.7 Å². The third-order valence-electron chi connectivity index (χ3n) is 4.85. The van der Waals surface area contributed by atoms with Crippen molar-refractivity contribution in [3.63, 3.8) is 0 Å². The van der Waals surface area contributed by atoms with Gasteiger partial charge in [-0.1, -0.05) is 30.3 Å². The molecular formula is C23H20N2O4. The number of carbonyl (C=O) groups is 2. The minimum Gasteiger partial charge on any atom is -0.493 e. The second-order valence-corrected chi connectivity index (χ2v) is 6.78. The quantitative estimate of drug-likeness (QED) is 0.530. The summed E-state index contributed by atoms with van der Waals surface area (Å²) >= 11 is 0. The van der Waals surface area contributed by atoms with Crippen LogP contribution >= 0.6 is 0 Å². The molecule has 3 aromatic rings. The van der Waals surface area contributed by atoms with E-state index in [0.29, 0.717) is 17.1 Å². The number of methoxy groups -OCH3 is 1. The first kappa shape index (κ1) is 18.6. The van der Waals surface area contributed by atoms with Gasteiger partial charge in [0.2, 0.25) is 0 Å². The van der Waals surface area contributed by atoms with Gasteiger partial charge in [-0.25, -0.2) is 0 Å². The highest BCUT2D eigenvalue weighted by atomic mass is 16.5. The summed E-state index contributed by atoms with van der Waals surface area (Å²) in [5.41, 5.74) is 11.1. The van der Waals surface area contributed by atoms with Crippen LogP contribution in [0.25, 0.3) is 11.1 Å². The van der Waals surface area contributed by atoms with Crippen molar-refractivity contribution >= 4 is 17.5 Å². The van der Waals surface area contributed by atoms with Crippen LogP contribution in [0.1, 0.15) is 21.5 Å². The maximum Gasteiger partial charge on any atom is 0.255 e. The summed E-state index contributed by atoms with van der Waals surface area (Å²) in [7, 11) is 1.46. The standard InChI is InChI=1S/C23H20N2O4/c1-28-21-11-16(7-9-20(21)29-13-22(24)26)23(27)25-17-8-6-15-10-14-4-2-3-5-18(14)19(15)12-17/h2-9,11-12H,10,13H2,1H3,(H2,24,26)(H,25,27). The van der Waals surface area contributed by atoms with Gasteiger partial charge < -0.3 is 20.5 Å². The summed E-state index contributed by atoms with van der Waals surface area (Å²) in [6.07, 6.45) is 0.906. The first-order chi connectivity index (χ1) is 14.0. The predicted octanol–water partition coefficient (Wildman–Crippen LogP) is 3.38. The Balaban J connectivity index is 1.54. The van der Waals surface area contributed by atoms with E-state index in [-0.39, 0.29) is 12.5 Å². The molecule has 29 heavy (non-hydrogen) atoms. The van der Waals surface area contributed by atoms with Gasteiger partial charge in [-0.2, -0.15) is 0 Å². The summed E-state index contributed by atoms with van der Waals surface area (Å²) in [5.74, 6) is -0.165. The molecule has 4 rings (SSSR count). The van der Waals surface area contributed by atoms with E-state index < -0.39 is 5.91 Å². The topological polar surface area (TPSA) is 90.7 Å². The highest BCUT2D eigenvalue weighted by molar-refractivity contribution is 6.05. The van der Waals surface area contributed by atoms with Gasteiger partial charge in [-0.05, 0) is 59.0 Å². The van der Waals surface area contributed by atoms with E-state index in [9.17, 15) is 9.59 Å². The average Bonchev–Trinajstić information content (AvgIpc) is 3.10. The van der Waals surface area contributed by atoms with Gasteiger partial charge in [0.1, 0.15) is 0 Å². The van der Waals surface area contributed by atoms with Crippen LogP contribution in [-0.4, -0.2) is 25.5 Å². The number of rotatable bonds is 6. The number of benzene rings is 3. The fraction of sp³-hybridized carbons (Fsp3) is 0.130. The van der Waals surface area contributed by atoms with Crippen molar-refractivity contribution < 1.29 is 19.1 Å². The van der Waals surface area contributed by atoms with E-state index in [1.54, 1.807) is 18.2 Å². The molecule has 1 aliphatic rings. The largest absolute Gasteiger partial charge is 0.493 e. The Bertz CT molecular complexity index is 1110. The second kappa shape index (κ2) is 7.67. The molecule has 0 saturated heterocycles. The Morgan fingerprint density at radius 2 is 1.76 bits per heavy atom. The Morgan fingerprint density at radius 1 is 0.966 bits per heavy atom. The average molecular weight is 388 g/mol. The molecule has 0 heterocycles. The van der Waals surface area contributed by atoms with Crippen molar-refractivity contribution in [1.82, 2.24) is 0 Å². The first-order valence-electron chi connectivity index (χ1n) is 9.17. The second-order valence-electron chi connectivity index (χ2n) is 6.78. The number of hydrogen-bond acceptors (Lipinski definition) is 4. The minimum absolute atomic E-state index is 0.265. The van der Waals surface area contributed by atoms with Crippen molar-refractivity contribution in [2.45, 2.75) is 6.42 Å². The summed E-state index contributed by atoms with van der Waals surface area (Å²) < 4.78 is 10.6. The molecule has 2 amide bonds. The third-order valence-corrected chi connectivity index (χ3v) is 4.85. The molecule has 0 atom stereocenters. The molecule has 3 N–H and O–H groups in total. The number of primary amides is 1. The van der Waals surface area contributed by atoms with Crippen LogP contribution in [0, 0.1) is 0 Å². The van der Waals surface area contributed by atoms with E-state index in [2.05, 4.69) is 17.4 Å². The molecule has 0 bridgehead atoms. The van der Waals surface area contributed by atoms with Gasteiger partial charge in [0.05, 0.1) is 7.11 Å². The molecule has 6 nitrogen and oxygen atoms in total. The summed E-state index contributed by atoms with van der Waals surface area (Å²) in [4.78, 5) is 23.6. The van der Waals surface area contributed by atoms with Crippen molar-refractivity contribution in [3.8, 4) is 22.6 Å². The van der Waals surface area contributed by atoms with E-state index in [1.165, 1.54) is 23.8 Å². The molecule has 6 heteroatoms. The van der Waals surface area contributed by atoms with Gasteiger partial charge in [-0.15, -0.1) is 0 Å². The van der Waals surface area contributed by atoms with Gasteiger partial charge in [0, 0.05) is 11.3 Å². The van der Waals surface area contributed by atoms with E-state index in [1.807, 2.05) is 30.3 Å². The zero-order chi connectivity index (χ0) is 20.4. The van der Waals surface area contributed by atoms with Crippen LogP contribution in [0.2, 0.25) is 0 Å². The highest BCUT2D eigenvalue weighted by Gasteiger charge is 2.19. The number of anilines is 1. The molecule has 0 radical (unpaired) electrons. The monoisotopic (exact) mass is 388 g/mol. The van der Waals surface area contributed by atoms with Crippen LogP contribution in [0.4, 0.5) is 5.69 Å². The maximum absolute atomic E-state index is 12.7. The zero-order valence-electron chi connectivity index (χ0n) is 15.9. The van der Waals surface area contributed by atoms with Crippen LogP contribution in [0.15, 0.2) is 60.7 Å². The molecule has 0 aromatic heterocycles. The summed E-state index contributed by atoms with van der Waals surface area (Å²) in [6.45, 7) is -0.265. The smallest absolute Gasteiger partial charge is 0.255 e. The normalized spacial score (nSPS) is 11.3. The summed E-state index contributed by atoms with van der Waals surface area (Å²) in [6, 6.07) is 19.0. The molecule has 0 unspecified atom stereocenters. The van der Waals surface area contributed by atoms with Crippen molar-refractivity contribution in [3.05, 3.63) is 77.4 Å². The Hall–Kier alpha value is -3.80. The lowest BCUT2D eigenvalue weighted by atomic mass is 10.1. The van der Waals surface area contributed by atoms with Gasteiger partial charge in [0.15, 0.2) is 18.1 Å². The molecule has 0 fully saturated rings.